The van der Waals surface area contributed by atoms with Gasteiger partial charge in [0.05, 0.1) is 7.11 Å². The highest BCUT2D eigenvalue weighted by Gasteiger charge is 2.36. The Balaban J connectivity index is 2.52. The van der Waals surface area contributed by atoms with Gasteiger partial charge in [0.2, 0.25) is 0 Å². The first-order chi connectivity index (χ1) is 9.82. The normalized spacial score (nSPS) is 11.3. The molecule has 2 aromatic rings. The van der Waals surface area contributed by atoms with E-state index in [9.17, 15) is 13.2 Å². The Morgan fingerprint density at radius 2 is 1.81 bits per heavy atom. The van der Waals surface area contributed by atoms with Gasteiger partial charge in [-0.05, 0) is 24.3 Å². The number of hydrogen-bond donors (Lipinski definition) is 0. The highest BCUT2D eigenvalue weighted by molar-refractivity contribution is 9.10. The molecule has 21 heavy (non-hydrogen) atoms. The van der Waals surface area contributed by atoms with Crippen LogP contribution in [0.2, 0.25) is 0 Å². The minimum atomic E-state index is -4.55. The summed E-state index contributed by atoms with van der Waals surface area (Å²) in [5.41, 5.74) is -0.363. The van der Waals surface area contributed by atoms with E-state index in [0.717, 1.165) is 10.7 Å². The fourth-order valence-corrected chi connectivity index (χ4v) is 1.96. The van der Waals surface area contributed by atoms with E-state index in [1.54, 1.807) is 24.3 Å². The predicted octanol–water partition coefficient (Wildman–Crippen LogP) is 4.03. The number of methoxy groups -OCH3 is 1. The molecule has 0 aliphatic rings. The van der Waals surface area contributed by atoms with E-state index in [-0.39, 0.29) is 11.8 Å². The van der Waals surface area contributed by atoms with Crippen LogP contribution in [-0.4, -0.2) is 24.1 Å². The van der Waals surface area contributed by atoms with E-state index in [1.165, 1.54) is 19.1 Å². The van der Waals surface area contributed by atoms with Crippen LogP contribution < -0.4 is 9.64 Å². The van der Waals surface area contributed by atoms with Crippen LogP contribution in [0, 0.1) is 0 Å². The maximum atomic E-state index is 13.1. The van der Waals surface area contributed by atoms with Gasteiger partial charge in [-0.1, -0.05) is 15.9 Å². The highest BCUT2D eigenvalue weighted by atomic mass is 79.9. The number of benzene rings is 1. The molecule has 2 rings (SSSR count). The number of alkyl halides is 3. The molecular weight excluding hydrogens is 351 g/mol. The highest BCUT2D eigenvalue weighted by Crippen LogP contribution is 2.37. The summed E-state index contributed by atoms with van der Waals surface area (Å²) in [6.45, 7) is 0. The second-order valence-electron chi connectivity index (χ2n) is 4.13. The lowest BCUT2D eigenvalue weighted by atomic mass is 10.2. The van der Waals surface area contributed by atoms with Crippen molar-refractivity contribution in [3.63, 3.8) is 0 Å². The summed E-state index contributed by atoms with van der Waals surface area (Å²) in [6.07, 6.45) is -3.83. The average Bonchev–Trinajstić information content (AvgIpc) is 2.45. The molecule has 0 radical (unpaired) electrons. The molecule has 4 nitrogen and oxygen atoms in total. The predicted molar refractivity (Wildman–Crippen MR) is 75.8 cm³/mol. The van der Waals surface area contributed by atoms with Gasteiger partial charge >= 0.3 is 12.2 Å². The lowest BCUT2D eigenvalue weighted by molar-refractivity contribution is -0.137. The summed E-state index contributed by atoms with van der Waals surface area (Å²) in [4.78, 5) is 8.68. The molecule has 0 saturated heterocycles. The lowest BCUT2D eigenvalue weighted by Gasteiger charge is -2.22. The van der Waals surface area contributed by atoms with Crippen molar-refractivity contribution < 1.29 is 17.9 Å². The largest absolute Gasteiger partial charge is 0.467 e. The SMILES string of the molecule is COc1ncc(C(F)(F)F)c(N(C)c2ccc(Br)cc2)n1. The first-order valence-electron chi connectivity index (χ1n) is 5.80. The Kier molecular flexibility index (Phi) is 4.36. The standard InChI is InChI=1S/C13H11BrF3N3O/c1-20(9-5-3-8(14)4-6-9)11-10(13(15,16)17)7-18-12(19-11)21-2/h3-7H,1-2H3. The van der Waals surface area contributed by atoms with E-state index in [1.807, 2.05) is 0 Å². The molecule has 0 fully saturated rings. The summed E-state index contributed by atoms with van der Waals surface area (Å²) >= 11 is 3.28. The van der Waals surface area contributed by atoms with Gasteiger partial charge < -0.3 is 9.64 Å². The van der Waals surface area contributed by atoms with Crippen LogP contribution in [0.5, 0.6) is 6.01 Å². The summed E-state index contributed by atoms with van der Waals surface area (Å²) in [5.74, 6) is -0.267. The van der Waals surface area contributed by atoms with Crippen molar-refractivity contribution in [3.8, 4) is 6.01 Å². The lowest BCUT2D eigenvalue weighted by Crippen LogP contribution is -2.19. The van der Waals surface area contributed by atoms with Gasteiger partial charge in [-0.2, -0.15) is 18.2 Å². The molecule has 1 aromatic heterocycles. The first-order valence-corrected chi connectivity index (χ1v) is 6.59. The van der Waals surface area contributed by atoms with Crippen molar-refractivity contribution in [1.82, 2.24) is 9.97 Å². The third-order valence-electron chi connectivity index (χ3n) is 2.77. The third kappa shape index (κ3) is 3.44. The maximum absolute atomic E-state index is 13.1. The van der Waals surface area contributed by atoms with Crippen LogP contribution in [0.3, 0.4) is 0 Å². The number of anilines is 2. The van der Waals surface area contributed by atoms with E-state index < -0.39 is 11.7 Å². The van der Waals surface area contributed by atoms with Crippen LogP contribution in [0.25, 0.3) is 0 Å². The van der Waals surface area contributed by atoms with Crippen molar-refractivity contribution in [3.05, 3.63) is 40.5 Å². The maximum Gasteiger partial charge on any atom is 0.421 e. The van der Waals surface area contributed by atoms with Gasteiger partial charge in [-0.3, -0.25) is 0 Å². The van der Waals surface area contributed by atoms with Crippen molar-refractivity contribution in [1.29, 1.82) is 0 Å². The van der Waals surface area contributed by atoms with Gasteiger partial charge in [-0.25, -0.2) is 4.98 Å². The molecule has 0 amide bonds. The minimum absolute atomic E-state index is 0.123. The zero-order valence-corrected chi connectivity index (χ0v) is 12.7. The van der Waals surface area contributed by atoms with Gasteiger partial charge in [0.15, 0.2) is 5.82 Å². The molecule has 0 spiro atoms. The molecule has 0 atom stereocenters. The number of aromatic nitrogens is 2. The zero-order valence-electron chi connectivity index (χ0n) is 11.1. The molecule has 112 valence electrons. The monoisotopic (exact) mass is 361 g/mol. The van der Waals surface area contributed by atoms with Crippen LogP contribution in [0.1, 0.15) is 5.56 Å². The van der Waals surface area contributed by atoms with Gasteiger partial charge in [0.25, 0.3) is 0 Å². The fourth-order valence-electron chi connectivity index (χ4n) is 1.70. The molecule has 0 N–H and O–H groups in total. The Bertz CT molecular complexity index is 632. The summed E-state index contributed by atoms with van der Waals surface area (Å²) < 4.78 is 44.8. The summed E-state index contributed by atoms with van der Waals surface area (Å²) in [7, 11) is 2.80. The Hall–Kier alpha value is -1.83. The summed E-state index contributed by atoms with van der Waals surface area (Å²) in [6, 6.07) is 6.70. The molecule has 0 bridgehead atoms. The van der Waals surface area contributed by atoms with E-state index in [0.29, 0.717) is 5.69 Å². The van der Waals surface area contributed by atoms with Crippen molar-refractivity contribution in [2.75, 3.05) is 19.1 Å². The van der Waals surface area contributed by atoms with Crippen molar-refractivity contribution in [2.24, 2.45) is 0 Å². The molecule has 1 heterocycles. The van der Waals surface area contributed by atoms with Crippen molar-refractivity contribution in [2.45, 2.75) is 6.18 Å². The molecule has 8 heteroatoms. The minimum Gasteiger partial charge on any atom is -0.467 e. The fraction of sp³-hybridized carbons (Fsp3) is 0.231. The van der Waals surface area contributed by atoms with Gasteiger partial charge in [-0.15, -0.1) is 0 Å². The molecule has 0 unspecified atom stereocenters. The quantitative estimate of drug-likeness (QED) is 0.826. The van der Waals surface area contributed by atoms with Gasteiger partial charge in [0, 0.05) is 23.4 Å². The Labute approximate surface area is 127 Å². The smallest absolute Gasteiger partial charge is 0.421 e. The number of halogens is 4. The van der Waals surface area contributed by atoms with Gasteiger partial charge in [0.1, 0.15) is 5.56 Å². The zero-order chi connectivity index (χ0) is 15.6. The number of hydrogen-bond acceptors (Lipinski definition) is 4. The van der Waals surface area contributed by atoms with Crippen LogP contribution >= 0.6 is 15.9 Å². The van der Waals surface area contributed by atoms with Crippen molar-refractivity contribution >= 4 is 27.4 Å². The third-order valence-corrected chi connectivity index (χ3v) is 3.29. The molecular formula is C13H11BrF3N3O. The average molecular weight is 362 g/mol. The van der Waals surface area contributed by atoms with E-state index >= 15 is 0 Å². The van der Waals surface area contributed by atoms with E-state index in [4.69, 9.17) is 4.74 Å². The Morgan fingerprint density at radius 1 is 1.19 bits per heavy atom. The van der Waals surface area contributed by atoms with Crippen LogP contribution in [-0.2, 0) is 6.18 Å². The molecule has 1 aromatic carbocycles. The Morgan fingerprint density at radius 3 is 2.33 bits per heavy atom. The number of nitrogens with zero attached hydrogens (tertiary/aromatic N) is 3. The van der Waals surface area contributed by atoms with Crippen LogP contribution in [0.4, 0.5) is 24.7 Å². The second-order valence-corrected chi connectivity index (χ2v) is 5.04. The number of ether oxygens (including phenoxy) is 1. The number of rotatable bonds is 3. The van der Waals surface area contributed by atoms with Crippen LogP contribution in [0.15, 0.2) is 34.9 Å². The summed E-state index contributed by atoms with van der Waals surface area (Å²) in [5, 5.41) is 0. The molecule has 0 aliphatic carbocycles. The molecule has 0 saturated carbocycles. The first kappa shape index (κ1) is 15.6. The topological polar surface area (TPSA) is 38.2 Å². The van der Waals surface area contributed by atoms with E-state index in [2.05, 4.69) is 25.9 Å². The second kappa shape index (κ2) is 5.88. The molecule has 0 aliphatic heterocycles.